The van der Waals surface area contributed by atoms with Crippen LogP contribution in [0, 0.1) is 6.92 Å². The molecule has 0 bridgehead atoms. The lowest BCUT2D eigenvalue weighted by Crippen LogP contribution is -2.37. The van der Waals surface area contributed by atoms with E-state index in [4.69, 9.17) is 14.5 Å². The number of benzene rings is 1. The molecule has 0 saturated carbocycles. The Balaban J connectivity index is 1.70. The van der Waals surface area contributed by atoms with Crippen LogP contribution in [0.4, 0.5) is 16.2 Å². The van der Waals surface area contributed by atoms with E-state index in [9.17, 15) is 14.0 Å². The molecule has 1 aromatic carbocycles. The second-order valence-electron chi connectivity index (χ2n) is 10.2. The van der Waals surface area contributed by atoms with Crippen molar-refractivity contribution in [2.75, 3.05) is 57.1 Å². The third-order valence-electron chi connectivity index (χ3n) is 6.92. The molecule has 42 heavy (non-hydrogen) atoms. The fourth-order valence-corrected chi connectivity index (χ4v) is 4.52. The summed E-state index contributed by atoms with van der Waals surface area (Å²) in [6.07, 6.45) is 3.50. The molecule has 3 N–H and O–H groups in total. The van der Waals surface area contributed by atoms with Crippen LogP contribution in [0.1, 0.15) is 37.5 Å². The van der Waals surface area contributed by atoms with E-state index in [2.05, 4.69) is 32.4 Å². The molecule has 1 unspecified atom stereocenters. The molecule has 3 heterocycles. The molecule has 4 rings (SSSR count). The van der Waals surface area contributed by atoms with Crippen molar-refractivity contribution in [3.05, 3.63) is 53.5 Å². The third-order valence-corrected chi connectivity index (χ3v) is 6.92. The number of carbonyl (C=O) groups is 2. The summed E-state index contributed by atoms with van der Waals surface area (Å²) < 4.78 is 26.0. The maximum absolute atomic E-state index is 13.3. The van der Waals surface area contributed by atoms with Gasteiger partial charge >= 0.3 is 0 Å². The summed E-state index contributed by atoms with van der Waals surface area (Å²) in [6, 6.07) is 3.96. The summed E-state index contributed by atoms with van der Waals surface area (Å²) in [7, 11) is 3.39. The lowest BCUT2D eigenvalue weighted by molar-refractivity contribution is -0.128. The van der Waals surface area contributed by atoms with Gasteiger partial charge < -0.3 is 29.9 Å². The minimum atomic E-state index is -1.06. The number of fused-ring (bicyclic) bond motifs is 2. The fourth-order valence-electron chi connectivity index (χ4n) is 4.52. The predicted molar refractivity (Wildman–Crippen MR) is 158 cm³/mol. The van der Waals surface area contributed by atoms with Gasteiger partial charge in [-0.25, -0.2) is 4.39 Å². The number of aryl methyl sites for hydroxylation is 1. The number of nitrogens with zero attached hydrogens (tertiary/aromatic N) is 5. The second kappa shape index (κ2) is 13.3. The van der Waals surface area contributed by atoms with Gasteiger partial charge in [-0.15, -0.1) is 0 Å². The number of carbonyl (C=O) groups excluding carboxylic acids is 2. The van der Waals surface area contributed by atoms with Crippen LogP contribution < -0.4 is 25.0 Å². The van der Waals surface area contributed by atoms with Crippen LogP contribution in [0.2, 0.25) is 0 Å². The molecule has 3 aromatic rings. The predicted octanol–water partition coefficient (Wildman–Crippen LogP) is 3.44. The smallest absolute Gasteiger partial charge is 0.279 e. The Morgan fingerprint density at radius 3 is 2.76 bits per heavy atom. The van der Waals surface area contributed by atoms with E-state index in [1.807, 2.05) is 43.9 Å². The van der Waals surface area contributed by atoms with Crippen molar-refractivity contribution >= 4 is 34.5 Å². The number of allylic oxidation sites excluding steroid dienone is 1. The zero-order chi connectivity index (χ0) is 30.4. The molecule has 0 fully saturated rings. The Labute approximate surface area is 244 Å². The third kappa shape index (κ3) is 6.96. The number of amides is 2. The van der Waals surface area contributed by atoms with Gasteiger partial charge in [0.25, 0.3) is 11.8 Å². The number of anilines is 2. The van der Waals surface area contributed by atoms with E-state index in [0.717, 1.165) is 27.6 Å². The van der Waals surface area contributed by atoms with Crippen molar-refractivity contribution in [3.63, 3.8) is 0 Å². The Morgan fingerprint density at radius 1 is 1.26 bits per heavy atom. The molecular formula is C29H37FN8O4. The molecule has 0 radical (unpaired) electrons. The van der Waals surface area contributed by atoms with Crippen LogP contribution in [0.3, 0.4) is 0 Å². The quantitative estimate of drug-likeness (QED) is 0.217. The van der Waals surface area contributed by atoms with E-state index in [1.54, 1.807) is 20.3 Å². The summed E-state index contributed by atoms with van der Waals surface area (Å²) in [4.78, 5) is 36.7. The van der Waals surface area contributed by atoms with Gasteiger partial charge in [-0.2, -0.15) is 15.1 Å². The zero-order valence-corrected chi connectivity index (χ0v) is 24.6. The van der Waals surface area contributed by atoms with Gasteiger partial charge in [0.15, 0.2) is 17.7 Å². The average molecular weight is 581 g/mol. The molecule has 0 aliphatic carbocycles. The van der Waals surface area contributed by atoms with Crippen molar-refractivity contribution in [1.29, 1.82) is 0 Å². The van der Waals surface area contributed by atoms with Crippen molar-refractivity contribution in [2.45, 2.75) is 33.3 Å². The number of halogens is 1. The Hall–Kier alpha value is -4.68. The van der Waals surface area contributed by atoms with E-state index >= 15 is 0 Å². The SMILES string of the molecule is C=C(F)C(=O)NCCN(C/C(C)=C\C)c1nc(NCCC(=O)N(C)C)nc2c1OCC(c1c(C)ccc3[nH]ncc13)O2. The highest BCUT2D eigenvalue weighted by Gasteiger charge is 2.32. The molecule has 0 saturated heterocycles. The number of nitrogens with one attached hydrogen (secondary N) is 3. The number of H-pyrrole nitrogens is 1. The number of hydrogen-bond donors (Lipinski definition) is 3. The van der Waals surface area contributed by atoms with Crippen molar-refractivity contribution < 1.29 is 23.5 Å². The van der Waals surface area contributed by atoms with Gasteiger partial charge in [0.1, 0.15) is 6.61 Å². The van der Waals surface area contributed by atoms with Crippen molar-refractivity contribution in [1.82, 2.24) is 30.4 Å². The van der Waals surface area contributed by atoms with Gasteiger partial charge in [-0.05, 0) is 32.4 Å². The number of rotatable bonds is 12. The highest BCUT2D eigenvalue weighted by atomic mass is 19.1. The Bertz CT molecular complexity index is 1500. The van der Waals surface area contributed by atoms with Crippen LogP contribution in [0.5, 0.6) is 11.6 Å². The monoisotopic (exact) mass is 580 g/mol. The Morgan fingerprint density at radius 2 is 2.05 bits per heavy atom. The summed E-state index contributed by atoms with van der Waals surface area (Å²) >= 11 is 0. The van der Waals surface area contributed by atoms with Crippen LogP contribution in [-0.4, -0.2) is 83.8 Å². The number of ether oxygens (including phenoxy) is 2. The molecule has 2 aromatic heterocycles. The molecule has 2 amide bonds. The van der Waals surface area contributed by atoms with Gasteiger partial charge in [0.2, 0.25) is 17.6 Å². The largest absolute Gasteiger partial charge is 0.481 e. The normalized spacial score (nSPS) is 14.4. The lowest BCUT2D eigenvalue weighted by Gasteiger charge is -2.32. The van der Waals surface area contributed by atoms with E-state index in [1.165, 1.54) is 4.90 Å². The average Bonchev–Trinajstić information content (AvgIpc) is 3.44. The summed E-state index contributed by atoms with van der Waals surface area (Å²) in [5.74, 6) is -0.698. The van der Waals surface area contributed by atoms with Crippen molar-refractivity contribution in [2.24, 2.45) is 0 Å². The first-order valence-electron chi connectivity index (χ1n) is 13.7. The number of aromatic nitrogens is 4. The minimum Gasteiger partial charge on any atom is -0.481 e. The standard InChI is InChI=1S/C29H37FN8O4/c1-7-17(2)15-38(13-12-31-27(40)19(4)30)26-25-28(35-29(34-26)32-11-10-23(39)37(5)6)42-22(16-41-25)24-18(3)8-9-21-20(24)14-33-36-21/h7-9,14,22H,4,10-13,15-16H2,1-3,5-6H3,(H,31,40)(H,33,36)(H,32,34,35)/b17-7-. The zero-order valence-electron chi connectivity index (χ0n) is 24.6. The van der Waals surface area contributed by atoms with Gasteiger partial charge in [0.05, 0.1) is 11.7 Å². The summed E-state index contributed by atoms with van der Waals surface area (Å²) in [5.41, 5.74) is 3.87. The molecule has 0 spiro atoms. The van der Waals surface area contributed by atoms with Crippen molar-refractivity contribution in [3.8, 4) is 11.6 Å². The van der Waals surface area contributed by atoms with E-state index in [0.29, 0.717) is 24.7 Å². The number of hydrogen-bond acceptors (Lipinski definition) is 9. The molecular weight excluding hydrogens is 543 g/mol. The highest BCUT2D eigenvalue weighted by molar-refractivity contribution is 5.90. The number of aromatic amines is 1. The topological polar surface area (TPSA) is 138 Å². The van der Waals surface area contributed by atoms with Crippen LogP contribution in [0.15, 0.2) is 42.4 Å². The maximum Gasteiger partial charge on any atom is 0.279 e. The van der Waals surface area contributed by atoms with Gasteiger partial charge in [0, 0.05) is 57.6 Å². The molecule has 1 atom stereocenters. The minimum absolute atomic E-state index is 0.0421. The first-order valence-corrected chi connectivity index (χ1v) is 13.7. The molecule has 12 nitrogen and oxygen atoms in total. The molecule has 13 heteroatoms. The molecule has 1 aliphatic rings. The van der Waals surface area contributed by atoms with Gasteiger partial charge in [-0.3, -0.25) is 14.7 Å². The van der Waals surface area contributed by atoms with Gasteiger partial charge in [-0.1, -0.05) is 24.3 Å². The second-order valence-corrected chi connectivity index (χ2v) is 10.2. The van der Waals surface area contributed by atoms with Crippen LogP contribution >= 0.6 is 0 Å². The maximum atomic E-state index is 13.3. The summed E-state index contributed by atoms with van der Waals surface area (Å²) in [6.45, 7) is 10.3. The van der Waals surface area contributed by atoms with Crippen LogP contribution in [0.25, 0.3) is 10.9 Å². The fraction of sp³-hybridized carbons (Fsp3) is 0.414. The molecule has 1 aliphatic heterocycles. The van der Waals surface area contributed by atoms with Crippen LogP contribution in [-0.2, 0) is 9.59 Å². The highest BCUT2D eigenvalue weighted by Crippen LogP contribution is 2.43. The Kier molecular flexibility index (Phi) is 9.60. The molecule has 224 valence electrons. The van der Waals surface area contributed by atoms with E-state index < -0.39 is 17.8 Å². The summed E-state index contributed by atoms with van der Waals surface area (Å²) in [5, 5.41) is 13.8. The first kappa shape index (κ1) is 30.3. The lowest BCUT2D eigenvalue weighted by atomic mass is 9.99. The van der Waals surface area contributed by atoms with E-state index in [-0.39, 0.29) is 43.9 Å². The first-order chi connectivity index (χ1) is 20.1.